The van der Waals surface area contributed by atoms with E-state index in [1.54, 1.807) is 0 Å². The van der Waals surface area contributed by atoms with Crippen molar-refractivity contribution >= 4 is 17.1 Å². The Hall–Kier alpha value is -6.44. The van der Waals surface area contributed by atoms with Crippen LogP contribution in [0.3, 0.4) is 0 Å². The van der Waals surface area contributed by atoms with Crippen LogP contribution >= 0.6 is 0 Å². The minimum Gasteiger partial charge on any atom is -0.310 e. The lowest BCUT2D eigenvalue weighted by atomic mass is 9.68. The van der Waals surface area contributed by atoms with Gasteiger partial charge in [0.15, 0.2) is 0 Å². The fraction of sp³-hybridized carbons (Fsp3) is 0.0943. The van der Waals surface area contributed by atoms with Crippen LogP contribution in [0.25, 0.3) is 44.5 Å². The number of anilines is 3. The van der Waals surface area contributed by atoms with Crippen molar-refractivity contribution in [3.8, 4) is 44.5 Å². The van der Waals surface area contributed by atoms with Crippen LogP contribution in [-0.4, -0.2) is 0 Å². The van der Waals surface area contributed by atoms with Gasteiger partial charge in [0, 0.05) is 17.1 Å². The maximum Gasteiger partial charge on any atom is 0.0731 e. The standard InChI is InChI=1S/C53H41N/c1-34-29-36(3)50-45-21-11-12-24-47(45)53(48(50)31-34)49-32-35(2)30-37(4)51(49)46-23-14-22-44(52(46)53)40-17-13-20-43(33-40)54(41-18-9-6-10-19-41)42-27-25-39(26-28-42)38-15-7-5-8-16-38/h5-33H,1-4H3. The highest BCUT2D eigenvalue weighted by molar-refractivity contribution is 6.00. The topological polar surface area (TPSA) is 3.24 Å². The zero-order chi connectivity index (χ0) is 36.6. The highest BCUT2D eigenvalue weighted by atomic mass is 15.1. The number of aryl methyl sites for hydroxylation is 4. The van der Waals surface area contributed by atoms with E-state index >= 15 is 0 Å². The van der Waals surface area contributed by atoms with Crippen LogP contribution in [0.4, 0.5) is 17.1 Å². The Morgan fingerprint density at radius 1 is 0.352 bits per heavy atom. The maximum absolute atomic E-state index is 2.47. The van der Waals surface area contributed by atoms with Crippen molar-refractivity contribution in [2.24, 2.45) is 0 Å². The number of para-hydroxylation sites is 1. The van der Waals surface area contributed by atoms with Crippen LogP contribution in [0.5, 0.6) is 0 Å². The van der Waals surface area contributed by atoms with Crippen LogP contribution in [-0.2, 0) is 5.41 Å². The molecule has 2 aliphatic rings. The molecule has 0 amide bonds. The van der Waals surface area contributed by atoms with Gasteiger partial charge in [-0.3, -0.25) is 0 Å². The predicted molar refractivity (Wildman–Crippen MR) is 227 cm³/mol. The second-order valence-electron chi connectivity index (χ2n) is 15.2. The third-order valence-corrected chi connectivity index (χ3v) is 11.7. The smallest absolute Gasteiger partial charge is 0.0731 e. The molecule has 0 heterocycles. The van der Waals surface area contributed by atoms with E-state index in [1.165, 1.54) is 89.0 Å². The summed E-state index contributed by atoms with van der Waals surface area (Å²) in [5, 5.41) is 0. The molecule has 0 radical (unpaired) electrons. The predicted octanol–water partition coefficient (Wildman–Crippen LogP) is 14.1. The van der Waals surface area contributed by atoms with Crippen molar-refractivity contribution in [2.45, 2.75) is 33.1 Å². The van der Waals surface area contributed by atoms with E-state index in [1.807, 2.05) is 0 Å². The molecule has 10 rings (SSSR count). The van der Waals surface area contributed by atoms with Crippen molar-refractivity contribution in [1.82, 2.24) is 0 Å². The van der Waals surface area contributed by atoms with Gasteiger partial charge in [0.05, 0.1) is 5.41 Å². The molecular weight excluding hydrogens is 651 g/mol. The molecule has 0 saturated heterocycles. The van der Waals surface area contributed by atoms with Crippen molar-refractivity contribution in [2.75, 3.05) is 4.90 Å². The fourth-order valence-electron chi connectivity index (χ4n) is 9.78. The number of benzene rings is 8. The van der Waals surface area contributed by atoms with Gasteiger partial charge in [0.25, 0.3) is 0 Å². The highest BCUT2D eigenvalue weighted by Crippen LogP contribution is 2.65. The maximum atomic E-state index is 2.47. The lowest BCUT2D eigenvalue weighted by molar-refractivity contribution is 0.792. The SMILES string of the molecule is Cc1cc(C)c2c(c1)C1(c3ccccc3-2)c2cc(C)cc(C)c2-c2cccc(-c3cccc(N(c4ccccc4)c4ccc(-c5ccccc5)cc4)c3)c21. The molecule has 0 aliphatic heterocycles. The van der Waals surface area contributed by atoms with Gasteiger partial charge in [0.2, 0.25) is 0 Å². The zero-order valence-electron chi connectivity index (χ0n) is 31.2. The minimum atomic E-state index is -0.441. The largest absolute Gasteiger partial charge is 0.310 e. The number of rotatable bonds is 5. The third-order valence-electron chi connectivity index (χ3n) is 11.7. The van der Waals surface area contributed by atoms with E-state index in [9.17, 15) is 0 Å². The fourth-order valence-corrected chi connectivity index (χ4v) is 9.78. The van der Waals surface area contributed by atoms with E-state index < -0.39 is 5.41 Å². The molecule has 0 aromatic heterocycles. The first kappa shape index (κ1) is 32.2. The Morgan fingerprint density at radius 3 is 1.56 bits per heavy atom. The van der Waals surface area contributed by atoms with Gasteiger partial charge in [-0.05, 0) is 142 Å². The van der Waals surface area contributed by atoms with Gasteiger partial charge >= 0.3 is 0 Å². The summed E-state index contributed by atoms with van der Waals surface area (Å²) in [5.74, 6) is 0. The molecule has 1 spiro atoms. The summed E-state index contributed by atoms with van der Waals surface area (Å²) in [6, 6.07) is 65.3. The molecule has 8 aromatic carbocycles. The van der Waals surface area contributed by atoms with Gasteiger partial charge in [-0.15, -0.1) is 0 Å². The first-order chi connectivity index (χ1) is 26.4. The second-order valence-corrected chi connectivity index (χ2v) is 15.2. The van der Waals surface area contributed by atoms with Crippen molar-refractivity contribution in [3.05, 3.63) is 220 Å². The number of fused-ring (bicyclic) bond motifs is 10. The average Bonchev–Trinajstić information content (AvgIpc) is 3.66. The van der Waals surface area contributed by atoms with E-state index in [4.69, 9.17) is 0 Å². The van der Waals surface area contributed by atoms with Gasteiger partial charge < -0.3 is 4.90 Å². The van der Waals surface area contributed by atoms with Crippen LogP contribution in [0.2, 0.25) is 0 Å². The van der Waals surface area contributed by atoms with Crippen molar-refractivity contribution in [1.29, 1.82) is 0 Å². The zero-order valence-corrected chi connectivity index (χ0v) is 31.2. The van der Waals surface area contributed by atoms with E-state index in [2.05, 4.69) is 209 Å². The normalized spacial score (nSPS) is 14.7. The van der Waals surface area contributed by atoms with Crippen molar-refractivity contribution < 1.29 is 0 Å². The summed E-state index contributed by atoms with van der Waals surface area (Å²) < 4.78 is 0. The Kier molecular flexibility index (Phi) is 7.35. The molecule has 2 aliphatic carbocycles. The quantitative estimate of drug-likeness (QED) is 0.174. The summed E-state index contributed by atoms with van der Waals surface area (Å²) in [5.41, 5.74) is 24.1. The minimum absolute atomic E-state index is 0.441. The average molecular weight is 692 g/mol. The Morgan fingerprint density at radius 2 is 0.852 bits per heavy atom. The third kappa shape index (κ3) is 4.71. The molecule has 1 atom stereocenters. The monoisotopic (exact) mass is 691 g/mol. The Labute approximate surface area is 318 Å². The van der Waals surface area contributed by atoms with Crippen LogP contribution in [0.15, 0.2) is 176 Å². The lowest BCUT2D eigenvalue weighted by Gasteiger charge is -2.33. The molecule has 54 heavy (non-hydrogen) atoms. The second kappa shape index (κ2) is 12.3. The van der Waals surface area contributed by atoms with Crippen LogP contribution in [0, 0.1) is 27.7 Å². The summed E-state index contributed by atoms with van der Waals surface area (Å²) in [6.45, 7) is 9.09. The summed E-state index contributed by atoms with van der Waals surface area (Å²) in [6.07, 6.45) is 0. The number of hydrogen-bond donors (Lipinski definition) is 0. The molecule has 0 N–H and O–H groups in total. The molecule has 0 saturated carbocycles. The van der Waals surface area contributed by atoms with Crippen LogP contribution in [0.1, 0.15) is 44.5 Å². The molecule has 1 heteroatoms. The summed E-state index contributed by atoms with van der Waals surface area (Å²) >= 11 is 0. The van der Waals surface area contributed by atoms with Gasteiger partial charge in [-0.1, -0.05) is 151 Å². The first-order valence-corrected chi connectivity index (χ1v) is 19.0. The van der Waals surface area contributed by atoms with E-state index in [0.29, 0.717) is 0 Å². The Balaban J connectivity index is 1.22. The summed E-state index contributed by atoms with van der Waals surface area (Å²) in [4.78, 5) is 2.38. The van der Waals surface area contributed by atoms with Gasteiger partial charge in [-0.2, -0.15) is 0 Å². The molecule has 1 nitrogen and oxygen atoms in total. The van der Waals surface area contributed by atoms with Gasteiger partial charge in [0.1, 0.15) is 0 Å². The Bertz CT molecular complexity index is 2720. The number of nitrogens with zero attached hydrogens (tertiary/aromatic N) is 1. The van der Waals surface area contributed by atoms with Crippen LogP contribution < -0.4 is 4.90 Å². The molecular formula is C53H41N. The van der Waals surface area contributed by atoms with Gasteiger partial charge in [-0.25, -0.2) is 0 Å². The first-order valence-electron chi connectivity index (χ1n) is 19.0. The molecule has 0 fully saturated rings. The van der Waals surface area contributed by atoms with E-state index in [-0.39, 0.29) is 0 Å². The number of hydrogen-bond acceptors (Lipinski definition) is 1. The molecule has 8 aromatic rings. The van der Waals surface area contributed by atoms with Crippen molar-refractivity contribution in [3.63, 3.8) is 0 Å². The molecule has 0 bridgehead atoms. The summed E-state index contributed by atoms with van der Waals surface area (Å²) in [7, 11) is 0. The highest BCUT2D eigenvalue weighted by Gasteiger charge is 2.53. The van der Waals surface area contributed by atoms with E-state index in [0.717, 1.165) is 17.1 Å². The molecule has 258 valence electrons. The molecule has 1 unspecified atom stereocenters. The lowest BCUT2D eigenvalue weighted by Crippen LogP contribution is -2.27.